The van der Waals surface area contributed by atoms with E-state index in [9.17, 15) is 18.4 Å². The van der Waals surface area contributed by atoms with Crippen LogP contribution in [0.1, 0.15) is 64.3 Å². The Kier molecular flexibility index (Phi) is 6.11. The van der Waals surface area contributed by atoms with Gasteiger partial charge in [-0.2, -0.15) is 0 Å². The van der Waals surface area contributed by atoms with Crippen molar-refractivity contribution in [3.05, 3.63) is 70.8 Å². The van der Waals surface area contributed by atoms with Crippen LogP contribution in [0.2, 0.25) is 0 Å². The van der Waals surface area contributed by atoms with Gasteiger partial charge in [0.15, 0.2) is 11.6 Å². The number of halogens is 2. The van der Waals surface area contributed by atoms with Gasteiger partial charge >= 0.3 is 0 Å². The van der Waals surface area contributed by atoms with E-state index in [2.05, 4.69) is 12.1 Å². The summed E-state index contributed by atoms with van der Waals surface area (Å²) in [4.78, 5) is 28.7. The Labute approximate surface area is 175 Å². The van der Waals surface area contributed by atoms with Crippen LogP contribution in [0.4, 0.5) is 8.78 Å². The molecule has 0 bridgehead atoms. The number of amides is 2. The van der Waals surface area contributed by atoms with Gasteiger partial charge in [-0.1, -0.05) is 31.4 Å². The molecule has 0 unspecified atom stereocenters. The van der Waals surface area contributed by atoms with Gasteiger partial charge in [0.2, 0.25) is 0 Å². The first-order chi connectivity index (χ1) is 14.5. The van der Waals surface area contributed by atoms with E-state index < -0.39 is 11.6 Å². The van der Waals surface area contributed by atoms with Crippen LogP contribution in [0.15, 0.2) is 42.5 Å². The van der Waals surface area contributed by atoms with Crippen LogP contribution in [0.3, 0.4) is 0 Å². The molecule has 158 valence electrons. The molecule has 4 nitrogen and oxygen atoms in total. The summed E-state index contributed by atoms with van der Waals surface area (Å²) in [5, 5.41) is 0. The van der Waals surface area contributed by atoms with Crippen molar-refractivity contribution in [2.45, 2.75) is 38.0 Å². The van der Waals surface area contributed by atoms with Crippen LogP contribution in [0, 0.1) is 11.6 Å². The Hall–Kier alpha value is -2.76. The van der Waals surface area contributed by atoms with Gasteiger partial charge in [0.25, 0.3) is 11.8 Å². The molecule has 2 aromatic carbocycles. The minimum atomic E-state index is -1.04. The van der Waals surface area contributed by atoms with Gasteiger partial charge < -0.3 is 9.80 Å². The summed E-state index contributed by atoms with van der Waals surface area (Å²) in [6.45, 7) is 1.56. The second-order valence-corrected chi connectivity index (χ2v) is 8.17. The summed E-state index contributed by atoms with van der Waals surface area (Å²) in [7, 11) is 0. The molecule has 1 aliphatic carbocycles. The standard InChI is InChI=1S/C24H26F2N2O2/c25-21-11-10-20(16-22(21)26)24(30)28-14-12-27(13-15-28)23(29)19-8-6-18(7-9-19)17-4-2-1-3-5-17/h6-11,16-17H,1-5,12-15H2. The molecule has 0 N–H and O–H groups in total. The number of hydrogen-bond acceptors (Lipinski definition) is 2. The van der Waals surface area contributed by atoms with Crippen molar-refractivity contribution in [1.82, 2.24) is 9.80 Å². The smallest absolute Gasteiger partial charge is 0.254 e. The van der Waals surface area contributed by atoms with Gasteiger partial charge in [-0.3, -0.25) is 9.59 Å². The molecule has 6 heteroatoms. The topological polar surface area (TPSA) is 40.6 Å². The van der Waals surface area contributed by atoms with Crippen molar-refractivity contribution in [1.29, 1.82) is 0 Å². The van der Waals surface area contributed by atoms with E-state index in [4.69, 9.17) is 0 Å². The number of nitrogens with zero attached hydrogens (tertiary/aromatic N) is 2. The monoisotopic (exact) mass is 412 g/mol. The third-order valence-electron chi connectivity index (χ3n) is 6.25. The molecule has 2 fully saturated rings. The highest BCUT2D eigenvalue weighted by Gasteiger charge is 2.26. The second kappa shape index (κ2) is 8.94. The SMILES string of the molecule is O=C(c1ccc(C2CCCCC2)cc1)N1CCN(C(=O)c2ccc(F)c(F)c2)CC1. The molecule has 4 rings (SSSR count). The number of benzene rings is 2. The molecule has 2 aliphatic rings. The minimum Gasteiger partial charge on any atom is -0.335 e. The van der Waals surface area contributed by atoms with Crippen molar-refractivity contribution in [3.8, 4) is 0 Å². The molecule has 2 amide bonds. The molecule has 0 radical (unpaired) electrons. The summed E-state index contributed by atoms with van der Waals surface area (Å²) in [5.41, 5.74) is 2.09. The van der Waals surface area contributed by atoms with Gasteiger partial charge in [0.05, 0.1) is 0 Å². The predicted molar refractivity (Wildman–Crippen MR) is 110 cm³/mol. The lowest BCUT2D eigenvalue weighted by Crippen LogP contribution is -2.50. The maximum atomic E-state index is 13.4. The maximum Gasteiger partial charge on any atom is 0.254 e. The zero-order valence-electron chi connectivity index (χ0n) is 16.9. The fraction of sp³-hybridized carbons (Fsp3) is 0.417. The summed E-state index contributed by atoms with van der Waals surface area (Å²) in [6, 6.07) is 11.1. The van der Waals surface area contributed by atoms with E-state index in [-0.39, 0.29) is 17.4 Å². The number of hydrogen-bond donors (Lipinski definition) is 0. The molecule has 1 aliphatic heterocycles. The fourth-order valence-corrected chi connectivity index (χ4v) is 4.44. The Morgan fingerprint density at radius 1 is 0.700 bits per heavy atom. The Balaban J connectivity index is 1.34. The summed E-state index contributed by atoms with van der Waals surface area (Å²) < 4.78 is 26.5. The quantitative estimate of drug-likeness (QED) is 0.739. The van der Waals surface area contributed by atoms with Gasteiger partial charge in [0.1, 0.15) is 0 Å². The highest BCUT2D eigenvalue weighted by molar-refractivity contribution is 5.96. The molecule has 1 saturated heterocycles. The van der Waals surface area contributed by atoms with Crippen LogP contribution >= 0.6 is 0 Å². The number of piperazine rings is 1. The van der Waals surface area contributed by atoms with Gasteiger partial charge in [0, 0.05) is 37.3 Å². The van der Waals surface area contributed by atoms with Crippen LogP contribution in [-0.2, 0) is 0 Å². The zero-order chi connectivity index (χ0) is 21.1. The molecule has 2 aromatic rings. The fourth-order valence-electron chi connectivity index (χ4n) is 4.44. The van der Waals surface area contributed by atoms with Crippen molar-refractivity contribution in [2.75, 3.05) is 26.2 Å². The first-order valence-corrected chi connectivity index (χ1v) is 10.7. The molecule has 1 heterocycles. The van der Waals surface area contributed by atoms with Crippen LogP contribution in [0.25, 0.3) is 0 Å². The lowest BCUT2D eigenvalue weighted by molar-refractivity contribution is 0.0535. The highest BCUT2D eigenvalue weighted by atomic mass is 19.2. The highest BCUT2D eigenvalue weighted by Crippen LogP contribution is 2.32. The largest absolute Gasteiger partial charge is 0.335 e. The van der Waals surface area contributed by atoms with E-state index >= 15 is 0 Å². The number of carbonyl (C=O) groups excluding carboxylic acids is 2. The van der Waals surface area contributed by atoms with E-state index in [1.54, 1.807) is 9.80 Å². The average Bonchev–Trinajstić information content (AvgIpc) is 2.81. The molecule has 0 spiro atoms. The Bertz CT molecular complexity index is 915. The molecular formula is C24H26F2N2O2. The third kappa shape index (κ3) is 4.37. The molecule has 0 atom stereocenters. The van der Waals surface area contributed by atoms with Crippen molar-refractivity contribution < 1.29 is 18.4 Å². The van der Waals surface area contributed by atoms with Crippen molar-refractivity contribution >= 4 is 11.8 Å². The zero-order valence-corrected chi connectivity index (χ0v) is 16.9. The van der Waals surface area contributed by atoms with Gasteiger partial charge in [-0.25, -0.2) is 8.78 Å². The summed E-state index contributed by atoms with van der Waals surface area (Å²) in [6.07, 6.45) is 6.32. The molecule has 0 aromatic heterocycles. The number of carbonyl (C=O) groups is 2. The van der Waals surface area contributed by atoms with Crippen molar-refractivity contribution in [3.63, 3.8) is 0 Å². The summed E-state index contributed by atoms with van der Waals surface area (Å²) >= 11 is 0. The van der Waals surface area contributed by atoms with Crippen LogP contribution in [0.5, 0.6) is 0 Å². The molecule has 30 heavy (non-hydrogen) atoms. The van der Waals surface area contributed by atoms with E-state index in [1.807, 2.05) is 12.1 Å². The Morgan fingerprint density at radius 2 is 1.23 bits per heavy atom. The van der Waals surface area contributed by atoms with Crippen molar-refractivity contribution in [2.24, 2.45) is 0 Å². The van der Waals surface area contributed by atoms with Crippen LogP contribution in [-0.4, -0.2) is 47.8 Å². The lowest BCUT2D eigenvalue weighted by Gasteiger charge is -2.35. The van der Waals surface area contributed by atoms with E-state index in [0.29, 0.717) is 37.7 Å². The summed E-state index contributed by atoms with van der Waals surface area (Å²) in [5.74, 6) is -1.79. The maximum absolute atomic E-state index is 13.4. The lowest BCUT2D eigenvalue weighted by atomic mass is 9.84. The second-order valence-electron chi connectivity index (χ2n) is 8.17. The predicted octanol–water partition coefficient (Wildman–Crippen LogP) is 4.61. The van der Waals surface area contributed by atoms with Gasteiger partial charge in [-0.05, 0) is 54.7 Å². The minimum absolute atomic E-state index is 0.0369. The first kappa shape index (κ1) is 20.5. The third-order valence-corrected chi connectivity index (χ3v) is 6.25. The molecular weight excluding hydrogens is 386 g/mol. The van der Waals surface area contributed by atoms with Crippen LogP contribution < -0.4 is 0 Å². The van der Waals surface area contributed by atoms with Gasteiger partial charge in [-0.15, -0.1) is 0 Å². The van der Waals surface area contributed by atoms with E-state index in [1.165, 1.54) is 43.7 Å². The Morgan fingerprint density at radius 3 is 1.80 bits per heavy atom. The molecule has 1 saturated carbocycles. The van der Waals surface area contributed by atoms with E-state index in [0.717, 1.165) is 12.1 Å². The first-order valence-electron chi connectivity index (χ1n) is 10.7. The number of rotatable bonds is 3. The normalized spacial score (nSPS) is 17.8. The average molecular weight is 412 g/mol.